The first-order valence-electron chi connectivity index (χ1n) is 45.0. The van der Waals surface area contributed by atoms with Crippen molar-refractivity contribution in [2.75, 3.05) is 93.9 Å². The van der Waals surface area contributed by atoms with Crippen LogP contribution in [0.4, 0.5) is 32.3 Å². The van der Waals surface area contributed by atoms with Crippen LogP contribution in [0.25, 0.3) is 44.5 Å². The molecule has 29 nitrogen and oxygen atoms in total. The molecule has 0 saturated carbocycles. The summed E-state index contributed by atoms with van der Waals surface area (Å²) in [5, 5.41) is 37.0. The van der Waals surface area contributed by atoms with E-state index >= 15 is 0 Å². The van der Waals surface area contributed by atoms with Crippen LogP contribution in [0.3, 0.4) is 0 Å². The van der Waals surface area contributed by atoms with E-state index in [4.69, 9.17) is 33.9 Å². The van der Waals surface area contributed by atoms with Gasteiger partial charge in [0.15, 0.2) is 4.84 Å². The Balaban J connectivity index is 0.000000169. The number of carboxylic acids is 4. The zero-order valence-corrected chi connectivity index (χ0v) is 78.1. The van der Waals surface area contributed by atoms with Gasteiger partial charge >= 0.3 is 60.4 Å². The number of Topliss-reactive ketones (excluding diaryl/α,β-unsaturated/α-hetero) is 1. The molecule has 0 radical (unpaired) electrons. The first-order valence-corrected chi connectivity index (χ1v) is 45.9. The average Bonchev–Trinajstić information content (AvgIpc) is 1.63. The second kappa shape index (κ2) is 47.2. The number of esters is 1. The first kappa shape index (κ1) is 103. The van der Waals surface area contributed by atoms with Crippen molar-refractivity contribution in [3.63, 3.8) is 0 Å². The average molecular weight is 1920 g/mol. The van der Waals surface area contributed by atoms with Crippen molar-refractivity contribution in [1.29, 1.82) is 0 Å². The second-order valence-electron chi connectivity index (χ2n) is 35.0. The maximum atomic E-state index is 13.4. The van der Waals surface area contributed by atoms with Gasteiger partial charge in [0.1, 0.15) is 56.2 Å². The van der Waals surface area contributed by atoms with Crippen LogP contribution in [0, 0.1) is 0 Å². The Morgan fingerprint density at radius 2 is 0.559 bits per heavy atom. The van der Waals surface area contributed by atoms with E-state index < -0.39 is 114 Å². The van der Waals surface area contributed by atoms with Crippen molar-refractivity contribution in [3.8, 4) is 44.5 Å². The van der Waals surface area contributed by atoms with Gasteiger partial charge in [0, 0.05) is 91.1 Å². The molecule has 3 saturated heterocycles. The van der Waals surface area contributed by atoms with Crippen molar-refractivity contribution >= 4 is 101 Å². The van der Waals surface area contributed by atoms with Gasteiger partial charge in [-0.15, -0.1) is 0 Å². The number of aliphatic carboxylic acids is 4. The van der Waals surface area contributed by atoms with E-state index in [-0.39, 0.29) is 80.7 Å². The number of carbonyl (C=O) groups excluding carboxylic acids is 9. The number of carbonyl (C=O) groups is 13. The van der Waals surface area contributed by atoms with Crippen molar-refractivity contribution < 1.29 is 120 Å². The van der Waals surface area contributed by atoms with E-state index in [2.05, 4.69) is 71.7 Å². The summed E-state index contributed by atoms with van der Waals surface area (Å²) in [5.74, 6) is -8.96. The molecule has 8 aromatic rings. The SMILES string of the molecule is CN(C(=O)OCC1c2ccccc2-c2ccccc21)[C@@H](CC(=O)N1CCCCC1)C(=O)O.CN(C(=O)OCC1c2ccccc2-c2ccccc21)[C@@H](CC(=O)O)C(=O)N1CCCCC1.CN(C(=O)OCC1c2ccccc2-c2ccccc21)[C@@H](CC(=O)O)C(=O)O.CN(C(=O)OCC1c2ccccc2-c2ccccc21)[C@@H](CC(=O)OC(C)(C)C)C(=O)N1CCCCC1.O=C(C(Cl)Cl)C(F)(F)F. The Morgan fingerprint density at radius 1 is 0.338 bits per heavy atom. The predicted molar refractivity (Wildman–Crippen MR) is 499 cm³/mol. The molecule has 0 bridgehead atoms. The Kier molecular flexibility index (Phi) is 35.8. The summed E-state index contributed by atoms with van der Waals surface area (Å²) in [7, 11) is 5.56. The zero-order chi connectivity index (χ0) is 98.4. The second-order valence-corrected chi connectivity index (χ2v) is 36.1. The minimum absolute atomic E-state index is 0.0383. The fourth-order valence-corrected chi connectivity index (χ4v) is 18.2. The van der Waals surface area contributed by atoms with E-state index in [0.717, 1.165) is 162 Å². The highest BCUT2D eigenvalue weighted by Gasteiger charge is 2.44. The van der Waals surface area contributed by atoms with Crippen molar-refractivity contribution in [3.05, 3.63) is 239 Å². The molecule has 136 heavy (non-hydrogen) atoms. The number of nitrogens with zero attached hydrogens (tertiary/aromatic N) is 7. The molecule has 34 heteroatoms. The van der Waals surface area contributed by atoms with E-state index in [9.17, 15) is 85.7 Å². The topological polar surface area (TPSA) is 372 Å². The molecule has 0 aromatic heterocycles. The first-order chi connectivity index (χ1) is 64.8. The van der Waals surface area contributed by atoms with Gasteiger partial charge in [-0.25, -0.2) is 28.8 Å². The van der Waals surface area contributed by atoms with Crippen LogP contribution in [-0.2, 0) is 66.8 Å². The maximum Gasteiger partial charge on any atom is 0.452 e. The van der Waals surface area contributed by atoms with Gasteiger partial charge in [-0.1, -0.05) is 217 Å². The van der Waals surface area contributed by atoms with Crippen LogP contribution in [0.2, 0.25) is 0 Å². The monoisotopic (exact) mass is 1910 g/mol. The number of rotatable bonds is 25. The van der Waals surface area contributed by atoms with Gasteiger partial charge in [-0.05, 0) is 168 Å². The molecule has 722 valence electrons. The van der Waals surface area contributed by atoms with E-state index in [0.29, 0.717) is 39.3 Å². The number of piperidine rings is 3. The molecule has 4 N–H and O–H groups in total. The van der Waals surface area contributed by atoms with Crippen molar-refractivity contribution in [2.45, 2.75) is 169 Å². The molecule has 7 amide bonds. The summed E-state index contributed by atoms with van der Waals surface area (Å²) in [6, 6.07) is 59.2. The highest BCUT2D eigenvalue weighted by Crippen LogP contribution is 2.49. The molecular formula is C102H112Cl2F3N7O22. The molecule has 4 atom stereocenters. The fourth-order valence-electron chi connectivity index (χ4n) is 17.9. The van der Waals surface area contributed by atoms with Crippen LogP contribution >= 0.6 is 23.2 Å². The van der Waals surface area contributed by atoms with Gasteiger partial charge in [0.2, 0.25) is 17.7 Å². The maximum absolute atomic E-state index is 13.4. The number of halogens is 5. The van der Waals surface area contributed by atoms with E-state index in [1.165, 1.54) is 33.1 Å². The van der Waals surface area contributed by atoms with Gasteiger partial charge in [-0.2, -0.15) is 13.2 Å². The standard InChI is InChI=1S/C29H36N2O5.2C25H28N2O5.C20H19NO6.C3HCl2F3O/c1-29(2,3)36-26(32)18-25(27(33)31-16-10-5-11-17-31)30(4)28(34)35-19-24-22-14-8-6-12-20(22)21-13-7-9-15-23(21)24;1-26(22(15-23(28)29)24(30)27-13-7-2-8-14-27)25(31)32-16-21-19-11-5-3-9-17(19)18-10-4-6-12-20(18)21;1-26(22(24(29)30)15-23(28)27-13-7-2-8-14-27)25(31)32-16-21-19-11-5-3-9-17(19)18-10-4-6-12-20(18)21;1-21(17(19(24)25)10-18(22)23)20(26)27-11-16-14-8-4-2-6-12(14)13-7-3-5-9-15(13)16;4-2(5)1(9)3(6,7)8/h6-9,12-15,24-25H,5,10-11,16-19H2,1-4H3;3-6,9-12,21-22H,2,7-8,13-16H2,1H3,(H,28,29);3-6,9-12,21-22H,2,7-8,13-16H2,1H3,(H,29,30);2-9,16-17H,10-11H2,1H3,(H,22,23)(H,24,25);2H/t25-;2*22-;17-;/m0000./s1. The number of alkyl halides is 5. The number of hydrogen-bond donors (Lipinski definition) is 4. The smallest absolute Gasteiger partial charge is 0.452 e. The van der Waals surface area contributed by atoms with E-state index in [1.54, 1.807) is 35.5 Å². The number of hydrogen-bond acceptors (Lipinski definition) is 18. The number of carboxylic acid groups (broad SMARTS) is 4. The summed E-state index contributed by atoms with van der Waals surface area (Å²) in [4.78, 5) is 165. The molecule has 3 fully saturated rings. The van der Waals surface area contributed by atoms with Crippen molar-refractivity contribution in [1.82, 2.24) is 34.3 Å². The third kappa shape index (κ3) is 26.0. The largest absolute Gasteiger partial charge is 0.481 e. The van der Waals surface area contributed by atoms with Gasteiger partial charge in [0.05, 0.1) is 25.7 Å². The van der Waals surface area contributed by atoms with Crippen LogP contribution in [0.1, 0.15) is 172 Å². The lowest BCUT2D eigenvalue weighted by Crippen LogP contribution is -2.52. The van der Waals surface area contributed by atoms with Crippen molar-refractivity contribution in [2.24, 2.45) is 0 Å². The number of fused-ring (bicyclic) bond motifs is 12. The van der Waals surface area contributed by atoms with Crippen LogP contribution in [0.5, 0.6) is 0 Å². The summed E-state index contributed by atoms with van der Waals surface area (Å²) in [6.45, 7) is 9.46. The number of likely N-dealkylation sites (tertiary alicyclic amines) is 3. The lowest BCUT2D eigenvalue weighted by molar-refractivity contribution is -0.169. The molecule has 7 aliphatic rings. The molecule has 0 spiro atoms. The Bertz CT molecular complexity index is 5480. The summed E-state index contributed by atoms with van der Waals surface area (Å²) in [6.07, 6.45) is -0.819. The summed E-state index contributed by atoms with van der Waals surface area (Å²) in [5.41, 5.74) is 16.9. The Labute approximate surface area is 796 Å². The number of amides is 7. The number of ether oxygens (including phenoxy) is 5. The minimum atomic E-state index is -4.92. The third-order valence-corrected chi connectivity index (χ3v) is 25.3. The highest BCUT2D eigenvalue weighted by molar-refractivity contribution is 6.54. The van der Waals surface area contributed by atoms with Crippen LogP contribution in [0.15, 0.2) is 194 Å². The number of ketones is 1. The normalized spacial score (nSPS) is 15.3. The highest BCUT2D eigenvalue weighted by atomic mass is 35.5. The number of likely N-dealkylation sites (N-methyl/N-ethyl adjacent to an activating group) is 4. The summed E-state index contributed by atoms with van der Waals surface area (Å²) >= 11 is 9.22. The van der Waals surface area contributed by atoms with E-state index in [1.807, 2.05) is 146 Å². The molecule has 3 heterocycles. The molecule has 4 aliphatic carbocycles. The number of benzene rings is 8. The lowest BCUT2D eigenvalue weighted by Gasteiger charge is -2.34. The fraction of sp³-hybridized carbons (Fsp3) is 0.402. The molecule has 15 rings (SSSR count). The Morgan fingerprint density at radius 3 is 0.779 bits per heavy atom. The summed E-state index contributed by atoms with van der Waals surface area (Å²) < 4.78 is 61.3. The lowest BCUT2D eigenvalue weighted by atomic mass is 9.98. The van der Waals surface area contributed by atoms with Gasteiger partial charge in [0.25, 0.3) is 5.78 Å². The zero-order valence-electron chi connectivity index (χ0n) is 76.6. The molecule has 8 aromatic carbocycles. The van der Waals surface area contributed by atoms with Gasteiger partial charge in [-0.3, -0.25) is 53.2 Å². The molecular weight excluding hydrogens is 1800 g/mol. The minimum Gasteiger partial charge on any atom is -0.481 e. The molecule has 3 aliphatic heterocycles. The van der Waals surface area contributed by atoms with Crippen LogP contribution < -0.4 is 0 Å². The predicted octanol–water partition coefficient (Wildman–Crippen LogP) is 17.1. The third-order valence-electron chi connectivity index (χ3n) is 24.9. The van der Waals surface area contributed by atoms with Gasteiger partial charge < -0.3 is 58.8 Å². The Hall–Kier alpha value is -13.4. The van der Waals surface area contributed by atoms with Crippen LogP contribution in [-0.4, -0.2) is 267 Å². The molecule has 0 unspecified atom stereocenters. The quantitative estimate of drug-likeness (QED) is 0.0234.